The number of carbonyl (C=O) groups excluding carboxylic acids is 1. The van der Waals surface area contributed by atoms with Gasteiger partial charge in [-0.2, -0.15) is 0 Å². The van der Waals surface area contributed by atoms with Crippen LogP contribution in [0.2, 0.25) is 0 Å². The SMILES string of the molecule is COc1ccc2cc(C(C)C(=O)NCC(C)C)ccc2c1. The highest BCUT2D eigenvalue weighted by Gasteiger charge is 2.15. The first-order valence-electron chi connectivity index (χ1n) is 7.36. The first kappa shape index (κ1) is 15.4. The van der Waals surface area contributed by atoms with Crippen LogP contribution in [0, 0.1) is 5.92 Å². The van der Waals surface area contributed by atoms with E-state index in [9.17, 15) is 4.79 Å². The van der Waals surface area contributed by atoms with Gasteiger partial charge in [0, 0.05) is 6.54 Å². The van der Waals surface area contributed by atoms with E-state index in [0.29, 0.717) is 12.5 Å². The van der Waals surface area contributed by atoms with Gasteiger partial charge in [-0.3, -0.25) is 4.79 Å². The fourth-order valence-corrected chi connectivity index (χ4v) is 2.25. The molecule has 1 atom stereocenters. The zero-order valence-electron chi connectivity index (χ0n) is 13.1. The van der Waals surface area contributed by atoms with Crippen molar-refractivity contribution in [3.05, 3.63) is 42.0 Å². The normalized spacial score (nSPS) is 12.4. The molecule has 3 heteroatoms. The van der Waals surface area contributed by atoms with Crippen LogP contribution in [0.3, 0.4) is 0 Å². The molecule has 0 fully saturated rings. The molecule has 0 aliphatic heterocycles. The summed E-state index contributed by atoms with van der Waals surface area (Å²) in [7, 11) is 1.66. The molecule has 0 saturated carbocycles. The summed E-state index contributed by atoms with van der Waals surface area (Å²) in [5.74, 6) is 1.25. The van der Waals surface area contributed by atoms with Crippen molar-refractivity contribution in [2.75, 3.05) is 13.7 Å². The van der Waals surface area contributed by atoms with Crippen molar-refractivity contribution in [2.45, 2.75) is 26.7 Å². The molecule has 0 saturated heterocycles. The van der Waals surface area contributed by atoms with Crippen molar-refractivity contribution >= 4 is 16.7 Å². The second kappa shape index (κ2) is 6.61. The summed E-state index contributed by atoms with van der Waals surface area (Å²) in [5, 5.41) is 5.23. The number of ether oxygens (including phenoxy) is 1. The summed E-state index contributed by atoms with van der Waals surface area (Å²) >= 11 is 0. The third-order valence-corrected chi connectivity index (χ3v) is 3.65. The van der Waals surface area contributed by atoms with Gasteiger partial charge in [0.1, 0.15) is 5.75 Å². The van der Waals surface area contributed by atoms with Crippen LogP contribution in [0.1, 0.15) is 32.3 Å². The van der Waals surface area contributed by atoms with Gasteiger partial charge in [0.2, 0.25) is 5.91 Å². The van der Waals surface area contributed by atoms with Crippen LogP contribution in [-0.2, 0) is 4.79 Å². The number of hydrogen-bond donors (Lipinski definition) is 1. The predicted molar refractivity (Wildman–Crippen MR) is 86.8 cm³/mol. The number of fused-ring (bicyclic) bond motifs is 1. The Bertz CT molecular complexity index is 634. The molecule has 0 aromatic heterocycles. The average Bonchev–Trinajstić information content (AvgIpc) is 2.50. The van der Waals surface area contributed by atoms with Gasteiger partial charge in [0.25, 0.3) is 0 Å². The summed E-state index contributed by atoms with van der Waals surface area (Å²) in [6.45, 7) is 6.84. The smallest absolute Gasteiger partial charge is 0.227 e. The molecule has 1 amide bonds. The molecular formula is C18H23NO2. The zero-order valence-corrected chi connectivity index (χ0v) is 13.1. The maximum Gasteiger partial charge on any atom is 0.227 e. The number of benzene rings is 2. The fourth-order valence-electron chi connectivity index (χ4n) is 2.25. The van der Waals surface area contributed by atoms with Crippen LogP contribution in [0.15, 0.2) is 36.4 Å². The van der Waals surface area contributed by atoms with Crippen molar-refractivity contribution in [3.63, 3.8) is 0 Å². The fraction of sp³-hybridized carbons (Fsp3) is 0.389. The van der Waals surface area contributed by atoms with Gasteiger partial charge in [0.05, 0.1) is 13.0 Å². The Morgan fingerprint density at radius 2 is 1.76 bits per heavy atom. The molecule has 3 nitrogen and oxygen atoms in total. The van der Waals surface area contributed by atoms with Gasteiger partial charge in [-0.25, -0.2) is 0 Å². The molecule has 0 radical (unpaired) electrons. The Morgan fingerprint density at radius 3 is 2.43 bits per heavy atom. The monoisotopic (exact) mass is 285 g/mol. The minimum Gasteiger partial charge on any atom is -0.497 e. The maximum absolute atomic E-state index is 12.2. The van der Waals surface area contributed by atoms with Gasteiger partial charge in [-0.05, 0) is 41.3 Å². The molecule has 2 aromatic rings. The topological polar surface area (TPSA) is 38.3 Å². The quantitative estimate of drug-likeness (QED) is 0.909. The van der Waals surface area contributed by atoms with E-state index in [4.69, 9.17) is 4.74 Å². The number of amides is 1. The predicted octanol–water partition coefficient (Wildman–Crippen LogP) is 3.72. The number of hydrogen-bond acceptors (Lipinski definition) is 2. The molecule has 0 heterocycles. The molecule has 0 bridgehead atoms. The van der Waals surface area contributed by atoms with Crippen LogP contribution >= 0.6 is 0 Å². The Balaban J connectivity index is 2.20. The molecule has 112 valence electrons. The molecule has 0 aliphatic rings. The molecule has 0 spiro atoms. The second-order valence-electron chi connectivity index (χ2n) is 5.83. The number of carbonyl (C=O) groups is 1. The summed E-state index contributed by atoms with van der Waals surface area (Å²) in [6.07, 6.45) is 0. The lowest BCUT2D eigenvalue weighted by molar-refractivity contribution is -0.122. The number of methoxy groups -OCH3 is 1. The van der Waals surface area contributed by atoms with E-state index in [1.165, 1.54) is 0 Å². The van der Waals surface area contributed by atoms with Gasteiger partial charge < -0.3 is 10.1 Å². The molecule has 1 unspecified atom stereocenters. The van der Waals surface area contributed by atoms with Crippen molar-refractivity contribution in [1.29, 1.82) is 0 Å². The minimum absolute atomic E-state index is 0.0801. The van der Waals surface area contributed by atoms with Crippen LogP contribution in [0.25, 0.3) is 10.8 Å². The van der Waals surface area contributed by atoms with Gasteiger partial charge in [-0.15, -0.1) is 0 Å². The molecule has 2 aromatic carbocycles. The van der Waals surface area contributed by atoms with E-state index in [2.05, 4.69) is 25.2 Å². The highest BCUT2D eigenvalue weighted by atomic mass is 16.5. The standard InChI is InChI=1S/C18H23NO2/c1-12(2)11-19-18(20)13(3)14-5-6-16-10-17(21-4)8-7-15(16)9-14/h5-10,12-13H,11H2,1-4H3,(H,19,20). The van der Waals surface area contributed by atoms with Gasteiger partial charge in [-0.1, -0.05) is 38.1 Å². The van der Waals surface area contributed by atoms with E-state index in [0.717, 1.165) is 22.1 Å². The minimum atomic E-state index is -0.143. The van der Waals surface area contributed by atoms with Crippen LogP contribution in [-0.4, -0.2) is 19.6 Å². The van der Waals surface area contributed by atoms with E-state index >= 15 is 0 Å². The van der Waals surface area contributed by atoms with Crippen molar-refractivity contribution in [1.82, 2.24) is 5.32 Å². The van der Waals surface area contributed by atoms with Gasteiger partial charge in [0.15, 0.2) is 0 Å². The maximum atomic E-state index is 12.2. The third kappa shape index (κ3) is 3.75. The van der Waals surface area contributed by atoms with Crippen molar-refractivity contribution < 1.29 is 9.53 Å². The van der Waals surface area contributed by atoms with E-state index in [-0.39, 0.29) is 11.8 Å². The molecular weight excluding hydrogens is 262 g/mol. The molecule has 0 aliphatic carbocycles. The Kier molecular flexibility index (Phi) is 4.84. The van der Waals surface area contributed by atoms with Crippen molar-refractivity contribution in [2.24, 2.45) is 5.92 Å². The van der Waals surface area contributed by atoms with E-state index in [1.807, 2.05) is 37.3 Å². The molecule has 2 rings (SSSR count). The van der Waals surface area contributed by atoms with E-state index < -0.39 is 0 Å². The lowest BCUT2D eigenvalue weighted by Crippen LogP contribution is -2.31. The second-order valence-corrected chi connectivity index (χ2v) is 5.83. The lowest BCUT2D eigenvalue weighted by Gasteiger charge is -2.14. The highest BCUT2D eigenvalue weighted by molar-refractivity contribution is 5.88. The summed E-state index contributed by atoms with van der Waals surface area (Å²) in [5.41, 5.74) is 1.04. The number of rotatable bonds is 5. The Morgan fingerprint density at radius 1 is 1.10 bits per heavy atom. The molecule has 1 N–H and O–H groups in total. The van der Waals surface area contributed by atoms with E-state index in [1.54, 1.807) is 7.11 Å². The summed E-state index contributed by atoms with van der Waals surface area (Å²) in [4.78, 5) is 12.2. The van der Waals surface area contributed by atoms with Crippen LogP contribution in [0.4, 0.5) is 0 Å². The lowest BCUT2D eigenvalue weighted by atomic mass is 9.97. The Hall–Kier alpha value is -2.03. The average molecular weight is 285 g/mol. The first-order chi connectivity index (χ1) is 10.0. The van der Waals surface area contributed by atoms with Crippen LogP contribution < -0.4 is 10.1 Å². The summed E-state index contributed by atoms with van der Waals surface area (Å²) in [6, 6.07) is 12.1. The highest BCUT2D eigenvalue weighted by Crippen LogP contribution is 2.25. The summed E-state index contributed by atoms with van der Waals surface area (Å²) < 4.78 is 5.23. The number of nitrogens with one attached hydrogen (secondary N) is 1. The first-order valence-corrected chi connectivity index (χ1v) is 7.36. The molecule has 21 heavy (non-hydrogen) atoms. The third-order valence-electron chi connectivity index (χ3n) is 3.65. The Labute approximate surface area is 126 Å². The van der Waals surface area contributed by atoms with Crippen LogP contribution in [0.5, 0.6) is 5.75 Å². The zero-order chi connectivity index (χ0) is 15.4. The largest absolute Gasteiger partial charge is 0.497 e. The van der Waals surface area contributed by atoms with Gasteiger partial charge >= 0.3 is 0 Å². The van der Waals surface area contributed by atoms with Crippen molar-refractivity contribution in [3.8, 4) is 5.75 Å².